The summed E-state index contributed by atoms with van der Waals surface area (Å²) in [6.45, 7) is 12.0. The van der Waals surface area contributed by atoms with Gasteiger partial charge in [-0.05, 0) is 23.0 Å². The lowest BCUT2D eigenvalue weighted by molar-refractivity contribution is 0.0313. The minimum atomic E-state index is 0.0396. The van der Waals surface area contributed by atoms with Crippen molar-refractivity contribution in [3.05, 3.63) is 35.4 Å². The number of likely N-dealkylation sites (tertiary alicyclic amines) is 1. The van der Waals surface area contributed by atoms with E-state index in [1.165, 1.54) is 11.1 Å². The van der Waals surface area contributed by atoms with Crippen LogP contribution in [0, 0.1) is 5.92 Å². The molecule has 0 atom stereocenters. The van der Waals surface area contributed by atoms with Crippen molar-refractivity contribution in [1.82, 2.24) is 4.90 Å². The first-order valence-corrected chi connectivity index (χ1v) is 7.01. The van der Waals surface area contributed by atoms with Crippen molar-refractivity contribution in [2.24, 2.45) is 11.7 Å². The van der Waals surface area contributed by atoms with Gasteiger partial charge >= 0.3 is 0 Å². The van der Waals surface area contributed by atoms with E-state index in [1.54, 1.807) is 0 Å². The predicted molar refractivity (Wildman–Crippen MR) is 77.6 cm³/mol. The molecule has 1 saturated heterocycles. The van der Waals surface area contributed by atoms with Gasteiger partial charge in [-0.2, -0.15) is 0 Å². The Morgan fingerprint density at radius 3 is 2.11 bits per heavy atom. The Kier molecular flexibility index (Phi) is 3.79. The number of nitrogens with zero attached hydrogens (tertiary/aromatic N) is 1. The van der Waals surface area contributed by atoms with E-state index in [4.69, 9.17) is 5.73 Å². The lowest BCUT2D eigenvalue weighted by atomic mass is 9.80. The molecule has 0 radical (unpaired) electrons. The molecule has 0 aliphatic carbocycles. The fraction of sp³-hybridized carbons (Fsp3) is 0.625. The van der Waals surface area contributed by atoms with Crippen molar-refractivity contribution in [2.75, 3.05) is 13.1 Å². The molecule has 2 nitrogen and oxygen atoms in total. The summed E-state index contributed by atoms with van der Waals surface area (Å²) in [4.78, 5) is 2.43. The standard InChI is InChI=1S/C16H26N2/c1-12(2)15-7-5-14(6-8-15)9-18-10-16(17,11-18)13(3)4/h5-8,12-13H,9-11,17H2,1-4H3. The molecule has 100 valence electrons. The number of hydrogen-bond donors (Lipinski definition) is 1. The van der Waals surface area contributed by atoms with Crippen LogP contribution in [0.4, 0.5) is 0 Å². The van der Waals surface area contributed by atoms with Crippen molar-refractivity contribution in [3.8, 4) is 0 Å². The van der Waals surface area contributed by atoms with Gasteiger partial charge in [0, 0.05) is 25.2 Å². The third kappa shape index (κ3) is 2.76. The molecule has 0 spiro atoms. The van der Waals surface area contributed by atoms with Crippen molar-refractivity contribution in [2.45, 2.75) is 45.7 Å². The Hall–Kier alpha value is -0.860. The van der Waals surface area contributed by atoms with Crippen molar-refractivity contribution in [1.29, 1.82) is 0 Å². The van der Waals surface area contributed by atoms with E-state index in [-0.39, 0.29) is 5.54 Å². The monoisotopic (exact) mass is 246 g/mol. The molecule has 1 aliphatic rings. The highest BCUT2D eigenvalue weighted by molar-refractivity contribution is 5.25. The van der Waals surface area contributed by atoms with Gasteiger partial charge in [0.05, 0.1) is 0 Å². The lowest BCUT2D eigenvalue weighted by Gasteiger charge is -2.50. The number of nitrogens with two attached hydrogens (primary N) is 1. The Labute approximate surface area is 111 Å². The highest BCUT2D eigenvalue weighted by Crippen LogP contribution is 2.27. The van der Waals surface area contributed by atoms with Crippen LogP contribution in [0.5, 0.6) is 0 Å². The van der Waals surface area contributed by atoms with E-state index in [9.17, 15) is 0 Å². The Morgan fingerprint density at radius 1 is 1.11 bits per heavy atom. The van der Waals surface area contributed by atoms with Crippen LogP contribution in [0.1, 0.15) is 44.7 Å². The lowest BCUT2D eigenvalue weighted by Crippen LogP contribution is -2.69. The summed E-state index contributed by atoms with van der Waals surface area (Å²) >= 11 is 0. The summed E-state index contributed by atoms with van der Waals surface area (Å²) < 4.78 is 0. The quantitative estimate of drug-likeness (QED) is 0.885. The second kappa shape index (κ2) is 5.02. The zero-order valence-electron chi connectivity index (χ0n) is 12.1. The average molecular weight is 246 g/mol. The molecule has 0 unspecified atom stereocenters. The summed E-state index contributed by atoms with van der Waals surface area (Å²) in [6.07, 6.45) is 0. The largest absolute Gasteiger partial charge is 0.323 e. The minimum Gasteiger partial charge on any atom is -0.323 e. The van der Waals surface area contributed by atoms with Crippen LogP contribution in [-0.4, -0.2) is 23.5 Å². The first kappa shape index (κ1) is 13.6. The van der Waals surface area contributed by atoms with Gasteiger partial charge in [-0.3, -0.25) is 4.90 Å². The van der Waals surface area contributed by atoms with E-state index in [0.717, 1.165) is 19.6 Å². The fourth-order valence-corrected chi connectivity index (χ4v) is 2.53. The molecule has 2 rings (SSSR count). The minimum absolute atomic E-state index is 0.0396. The molecule has 2 N–H and O–H groups in total. The highest BCUT2D eigenvalue weighted by atomic mass is 15.2. The van der Waals surface area contributed by atoms with Gasteiger partial charge in [0.15, 0.2) is 0 Å². The third-order valence-corrected chi connectivity index (χ3v) is 4.24. The maximum atomic E-state index is 6.31. The third-order valence-electron chi connectivity index (χ3n) is 4.24. The summed E-state index contributed by atoms with van der Waals surface area (Å²) in [5, 5.41) is 0. The zero-order valence-corrected chi connectivity index (χ0v) is 12.1. The van der Waals surface area contributed by atoms with E-state index in [1.807, 2.05) is 0 Å². The zero-order chi connectivity index (χ0) is 13.3. The molecule has 0 saturated carbocycles. The van der Waals surface area contributed by atoms with Gasteiger partial charge in [0.1, 0.15) is 0 Å². The van der Waals surface area contributed by atoms with Gasteiger partial charge in [-0.15, -0.1) is 0 Å². The molecule has 0 bridgehead atoms. The number of benzene rings is 1. The fourth-order valence-electron chi connectivity index (χ4n) is 2.53. The van der Waals surface area contributed by atoms with E-state index in [2.05, 4.69) is 56.9 Å². The van der Waals surface area contributed by atoms with Crippen LogP contribution in [0.25, 0.3) is 0 Å². The molecule has 1 fully saturated rings. The molecule has 2 heteroatoms. The molecule has 0 amide bonds. The first-order valence-electron chi connectivity index (χ1n) is 7.01. The predicted octanol–water partition coefficient (Wildman–Crippen LogP) is 2.98. The molecule has 1 aliphatic heterocycles. The van der Waals surface area contributed by atoms with Crippen LogP contribution in [0.3, 0.4) is 0 Å². The molecule has 1 heterocycles. The normalized spacial score (nSPS) is 19.3. The number of hydrogen-bond acceptors (Lipinski definition) is 2. The van der Waals surface area contributed by atoms with Gasteiger partial charge in [-0.1, -0.05) is 52.0 Å². The van der Waals surface area contributed by atoms with Gasteiger partial charge < -0.3 is 5.73 Å². The van der Waals surface area contributed by atoms with E-state index >= 15 is 0 Å². The van der Waals surface area contributed by atoms with Crippen molar-refractivity contribution >= 4 is 0 Å². The molecule has 1 aromatic rings. The molecular formula is C16H26N2. The van der Waals surface area contributed by atoms with E-state index in [0.29, 0.717) is 11.8 Å². The Balaban J connectivity index is 1.89. The summed E-state index contributed by atoms with van der Waals surface area (Å²) in [5.74, 6) is 1.18. The molecular weight excluding hydrogens is 220 g/mol. The Bertz CT molecular complexity index is 386. The summed E-state index contributed by atoms with van der Waals surface area (Å²) in [5.41, 5.74) is 9.16. The maximum Gasteiger partial charge on any atom is 0.0435 e. The molecule has 1 aromatic carbocycles. The van der Waals surface area contributed by atoms with Crippen molar-refractivity contribution < 1.29 is 0 Å². The van der Waals surface area contributed by atoms with Crippen LogP contribution in [0.15, 0.2) is 24.3 Å². The first-order chi connectivity index (χ1) is 8.40. The second-order valence-electron chi connectivity index (χ2n) is 6.43. The average Bonchev–Trinajstić information content (AvgIpc) is 2.27. The van der Waals surface area contributed by atoms with Gasteiger partial charge in [0.2, 0.25) is 0 Å². The van der Waals surface area contributed by atoms with Crippen LogP contribution < -0.4 is 5.73 Å². The number of rotatable bonds is 4. The maximum absolute atomic E-state index is 6.31. The van der Waals surface area contributed by atoms with Gasteiger partial charge in [0.25, 0.3) is 0 Å². The van der Waals surface area contributed by atoms with Crippen molar-refractivity contribution in [3.63, 3.8) is 0 Å². The molecule has 0 aromatic heterocycles. The second-order valence-corrected chi connectivity index (χ2v) is 6.43. The SMILES string of the molecule is CC(C)c1ccc(CN2CC(N)(C(C)C)C2)cc1. The smallest absolute Gasteiger partial charge is 0.0435 e. The van der Waals surface area contributed by atoms with Crippen LogP contribution in [-0.2, 0) is 6.54 Å². The highest BCUT2D eigenvalue weighted by Gasteiger charge is 2.41. The van der Waals surface area contributed by atoms with Crippen LogP contribution >= 0.6 is 0 Å². The summed E-state index contributed by atoms with van der Waals surface area (Å²) in [7, 11) is 0. The summed E-state index contributed by atoms with van der Waals surface area (Å²) in [6, 6.07) is 9.00. The van der Waals surface area contributed by atoms with Crippen LogP contribution in [0.2, 0.25) is 0 Å². The van der Waals surface area contributed by atoms with E-state index < -0.39 is 0 Å². The topological polar surface area (TPSA) is 29.3 Å². The van der Waals surface area contributed by atoms with Gasteiger partial charge in [-0.25, -0.2) is 0 Å². The Morgan fingerprint density at radius 2 is 1.67 bits per heavy atom. The molecule has 18 heavy (non-hydrogen) atoms.